The van der Waals surface area contributed by atoms with E-state index in [9.17, 15) is 4.79 Å². The fraction of sp³-hybridized carbons (Fsp3) is 0.0667. The Hall–Kier alpha value is -3.02. The monoisotopic (exact) mass is 282 g/mol. The number of nitrogens with zero attached hydrogens (tertiary/aromatic N) is 1. The van der Waals surface area contributed by atoms with Gasteiger partial charge < -0.3 is 15.0 Å². The van der Waals surface area contributed by atoms with Gasteiger partial charge in [-0.2, -0.15) is 0 Å². The van der Waals surface area contributed by atoms with Crippen molar-refractivity contribution in [3.8, 4) is 5.75 Å². The van der Waals surface area contributed by atoms with E-state index in [0.717, 1.165) is 16.8 Å². The number of para-hydroxylation sites is 1. The highest BCUT2D eigenvalue weighted by atomic mass is 16.5. The van der Waals surface area contributed by atoms with Gasteiger partial charge in [-0.25, -0.2) is 9.78 Å². The van der Waals surface area contributed by atoms with Crippen LogP contribution in [0.2, 0.25) is 0 Å². The zero-order valence-electron chi connectivity index (χ0n) is 11.4. The number of H-pyrrole nitrogens is 1. The Balaban J connectivity index is 1.74. The van der Waals surface area contributed by atoms with E-state index in [1.54, 1.807) is 7.11 Å². The Morgan fingerprint density at radius 2 is 1.95 bits per heavy atom. The van der Waals surface area contributed by atoms with E-state index in [2.05, 4.69) is 20.6 Å². The van der Waals surface area contributed by atoms with E-state index < -0.39 is 0 Å². The predicted octanol–water partition coefficient (Wildman–Crippen LogP) is 3.22. The molecular formula is C15H14N4O2. The van der Waals surface area contributed by atoms with Crippen LogP contribution in [0.1, 0.15) is 0 Å². The lowest BCUT2D eigenvalue weighted by atomic mass is 10.3. The van der Waals surface area contributed by atoms with Crippen molar-refractivity contribution >= 4 is 28.7 Å². The van der Waals surface area contributed by atoms with Crippen LogP contribution in [0, 0.1) is 0 Å². The third-order valence-electron chi connectivity index (χ3n) is 2.95. The molecule has 2 aromatic carbocycles. The lowest BCUT2D eigenvalue weighted by Gasteiger charge is -2.04. The molecule has 21 heavy (non-hydrogen) atoms. The normalized spacial score (nSPS) is 10.3. The first-order chi connectivity index (χ1) is 10.2. The van der Waals surface area contributed by atoms with E-state index in [0.29, 0.717) is 11.6 Å². The largest absolute Gasteiger partial charge is 0.497 e. The van der Waals surface area contributed by atoms with Crippen LogP contribution in [0.4, 0.5) is 16.4 Å². The number of hydrogen-bond donors (Lipinski definition) is 3. The minimum absolute atomic E-state index is 0.354. The van der Waals surface area contributed by atoms with Crippen molar-refractivity contribution in [1.82, 2.24) is 9.97 Å². The zero-order valence-corrected chi connectivity index (χ0v) is 11.4. The number of rotatable bonds is 3. The van der Waals surface area contributed by atoms with Gasteiger partial charge in [0.2, 0.25) is 5.95 Å². The van der Waals surface area contributed by atoms with Crippen LogP contribution in [0.5, 0.6) is 5.75 Å². The van der Waals surface area contributed by atoms with Crippen LogP contribution in [0.15, 0.2) is 48.5 Å². The molecule has 6 nitrogen and oxygen atoms in total. The first-order valence-corrected chi connectivity index (χ1v) is 6.41. The van der Waals surface area contributed by atoms with Crippen molar-refractivity contribution in [3.05, 3.63) is 48.5 Å². The van der Waals surface area contributed by atoms with Crippen molar-refractivity contribution in [1.29, 1.82) is 0 Å². The summed E-state index contributed by atoms with van der Waals surface area (Å²) in [6.07, 6.45) is 0. The van der Waals surface area contributed by atoms with E-state index in [4.69, 9.17) is 4.74 Å². The first kappa shape index (κ1) is 13.0. The molecule has 0 radical (unpaired) electrons. The third kappa shape index (κ3) is 2.94. The molecule has 0 unspecified atom stereocenters. The number of fused-ring (bicyclic) bond motifs is 1. The molecule has 0 aliphatic carbocycles. The van der Waals surface area contributed by atoms with Gasteiger partial charge in [0.15, 0.2) is 0 Å². The summed E-state index contributed by atoms with van der Waals surface area (Å²) in [6, 6.07) is 14.3. The predicted molar refractivity (Wildman–Crippen MR) is 81.7 cm³/mol. The molecule has 0 saturated carbocycles. The second-order valence-corrected chi connectivity index (χ2v) is 4.41. The molecule has 6 heteroatoms. The summed E-state index contributed by atoms with van der Waals surface area (Å²) in [7, 11) is 1.60. The van der Waals surface area contributed by atoms with Crippen molar-refractivity contribution in [2.45, 2.75) is 0 Å². The summed E-state index contributed by atoms with van der Waals surface area (Å²) in [6.45, 7) is 0. The average molecular weight is 282 g/mol. The van der Waals surface area contributed by atoms with Gasteiger partial charge in [0.1, 0.15) is 5.75 Å². The van der Waals surface area contributed by atoms with Gasteiger partial charge in [0.25, 0.3) is 0 Å². The fourth-order valence-corrected chi connectivity index (χ4v) is 1.97. The number of carbonyl (C=O) groups is 1. The Morgan fingerprint density at radius 3 is 2.71 bits per heavy atom. The number of aromatic nitrogens is 2. The van der Waals surface area contributed by atoms with Crippen molar-refractivity contribution in [2.75, 3.05) is 17.7 Å². The van der Waals surface area contributed by atoms with Gasteiger partial charge in [-0.05, 0) is 24.3 Å². The number of imidazole rings is 1. The summed E-state index contributed by atoms with van der Waals surface area (Å²) < 4.78 is 5.14. The maximum absolute atomic E-state index is 11.9. The number of anilines is 2. The Morgan fingerprint density at radius 1 is 1.14 bits per heavy atom. The summed E-state index contributed by atoms with van der Waals surface area (Å²) in [5, 5.41) is 5.38. The van der Waals surface area contributed by atoms with E-state index >= 15 is 0 Å². The Bertz CT molecular complexity index is 768. The van der Waals surface area contributed by atoms with Gasteiger partial charge in [0.05, 0.1) is 18.1 Å². The maximum Gasteiger partial charge on any atom is 0.326 e. The minimum atomic E-state index is -0.354. The molecule has 0 aliphatic rings. The van der Waals surface area contributed by atoms with Crippen LogP contribution in [-0.2, 0) is 0 Å². The van der Waals surface area contributed by atoms with E-state index in [-0.39, 0.29) is 6.03 Å². The molecule has 0 spiro atoms. The van der Waals surface area contributed by atoms with Crippen molar-refractivity contribution < 1.29 is 9.53 Å². The number of methoxy groups -OCH3 is 1. The Labute approximate surface area is 121 Å². The van der Waals surface area contributed by atoms with Crippen molar-refractivity contribution in [2.24, 2.45) is 0 Å². The lowest BCUT2D eigenvalue weighted by Crippen LogP contribution is -2.20. The number of urea groups is 1. The number of aromatic amines is 1. The number of hydrogen-bond acceptors (Lipinski definition) is 3. The smallest absolute Gasteiger partial charge is 0.326 e. The molecule has 0 bridgehead atoms. The number of benzene rings is 2. The number of amides is 2. The highest BCUT2D eigenvalue weighted by Gasteiger charge is 2.07. The van der Waals surface area contributed by atoms with Crippen molar-refractivity contribution in [3.63, 3.8) is 0 Å². The van der Waals surface area contributed by atoms with Crippen LogP contribution in [-0.4, -0.2) is 23.1 Å². The lowest BCUT2D eigenvalue weighted by molar-refractivity contribution is 0.262. The molecule has 106 valence electrons. The number of ether oxygens (including phenoxy) is 1. The van der Waals surface area contributed by atoms with Gasteiger partial charge in [0, 0.05) is 11.8 Å². The zero-order chi connectivity index (χ0) is 14.7. The SMILES string of the molecule is COc1ccc2nc(NC(=O)Nc3ccccc3)[nH]c2c1. The molecule has 1 heterocycles. The third-order valence-corrected chi connectivity index (χ3v) is 2.95. The molecule has 0 atom stereocenters. The maximum atomic E-state index is 11.9. The fourth-order valence-electron chi connectivity index (χ4n) is 1.97. The van der Waals surface area contributed by atoms with Crippen LogP contribution in [0.25, 0.3) is 11.0 Å². The van der Waals surface area contributed by atoms with E-state index in [1.807, 2.05) is 48.5 Å². The average Bonchev–Trinajstić information content (AvgIpc) is 2.89. The first-order valence-electron chi connectivity index (χ1n) is 6.41. The molecule has 1 aromatic heterocycles. The molecule has 0 fully saturated rings. The molecule has 0 aliphatic heterocycles. The molecular weight excluding hydrogens is 268 g/mol. The summed E-state index contributed by atoms with van der Waals surface area (Å²) in [5.41, 5.74) is 2.27. The molecule has 3 aromatic rings. The van der Waals surface area contributed by atoms with Gasteiger partial charge >= 0.3 is 6.03 Å². The van der Waals surface area contributed by atoms with Crippen LogP contribution >= 0.6 is 0 Å². The Kier molecular flexibility index (Phi) is 3.42. The van der Waals surface area contributed by atoms with E-state index in [1.165, 1.54) is 0 Å². The highest BCUT2D eigenvalue weighted by Crippen LogP contribution is 2.20. The summed E-state index contributed by atoms with van der Waals surface area (Å²) >= 11 is 0. The number of nitrogens with one attached hydrogen (secondary N) is 3. The van der Waals surface area contributed by atoms with Gasteiger partial charge in [-0.1, -0.05) is 18.2 Å². The quantitative estimate of drug-likeness (QED) is 0.690. The molecule has 3 N–H and O–H groups in total. The number of carbonyl (C=O) groups excluding carboxylic acids is 1. The molecule has 2 amide bonds. The second-order valence-electron chi connectivity index (χ2n) is 4.41. The molecule has 0 saturated heterocycles. The second kappa shape index (κ2) is 5.54. The minimum Gasteiger partial charge on any atom is -0.497 e. The molecule has 3 rings (SSSR count). The topological polar surface area (TPSA) is 79.0 Å². The summed E-state index contributed by atoms with van der Waals surface area (Å²) in [5.74, 6) is 1.11. The van der Waals surface area contributed by atoms with Gasteiger partial charge in [-0.3, -0.25) is 5.32 Å². The van der Waals surface area contributed by atoms with Gasteiger partial charge in [-0.15, -0.1) is 0 Å². The summed E-state index contributed by atoms with van der Waals surface area (Å²) in [4.78, 5) is 19.2. The highest BCUT2D eigenvalue weighted by molar-refractivity contribution is 5.99. The standard InChI is InChI=1S/C15H14N4O2/c1-21-11-7-8-12-13(9-11)18-14(17-12)19-15(20)16-10-5-3-2-4-6-10/h2-9H,1H3,(H3,16,17,18,19,20). The van der Waals surface area contributed by atoms with Crippen LogP contribution < -0.4 is 15.4 Å². The van der Waals surface area contributed by atoms with Crippen LogP contribution in [0.3, 0.4) is 0 Å².